The third-order valence-corrected chi connectivity index (χ3v) is 7.90. The largest absolute Gasteiger partial charge is 0.338 e. The predicted molar refractivity (Wildman–Crippen MR) is 143 cm³/mol. The van der Waals surface area contributed by atoms with E-state index in [4.69, 9.17) is 0 Å². The molecular formula is C29H23FN4O2S. The molecule has 2 aromatic carbocycles. The van der Waals surface area contributed by atoms with Gasteiger partial charge in [-0.15, -0.1) is 11.8 Å². The second kappa shape index (κ2) is 9.37. The summed E-state index contributed by atoms with van der Waals surface area (Å²) in [5.41, 5.74) is 5.42. The summed E-state index contributed by atoms with van der Waals surface area (Å²) >= 11 is 1.75. The Bertz CT molecular complexity index is 1640. The highest BCUT2D eigenvalue weighted by Crippen LogP contribution is 2.42. The maximum absolute atomic E-state index is 13.9. The highest BCUT2D eigenvalue weighted by atomic mass is 32.2. The molecule has 0 radical (unpaired) electrons. The zero-order valence-corrected chi connectivity index (χ0v) is 20.8. The van der Waals surface area contributed by atoms with Crippen LogP contribution in [0.5, 0.6) is 0 Å². The van der Waals surface area contributed by atoms with Crippen LogP contribution in [0.15, 0.2) is 85.5 Å². The topological polar surface area (TPSA) is 68.9 Å². The zero-order valence-electron chi connectivity index (χ0n) is 20.0. The minimum atomic E-state index is -0.313. The van der Waals surface area contributed by atoms with Crippen molar-refractivity contribution in [3.8, 4) is 11.1 Å². The first-order chi connectivity index (χ1) is 18.0. The van der Waals surface area contributed by atoms with Crippen molar-refractivity contribution in [1.82, 2.24) is 19.4 Å². The van der Waals surface area contributed by atoms with Crippen molar-refractivity contribution < 1.29 is 14.0 Å². The number of benzene rings is 2. The molecule has 5 aromatic rings. The average molecular weight is 511 g/mol. The molecule has 0 aliphatic carbocycles. The smallest absolute Gasteiger partial charge is 0.326 e. The van der Waals surface area contributed by atoms with E-state index in [2.05, 4.69) is 14.9 Å². The second-order valence-corrected chi connectivity index (χ2v) is 9.92. The SMILES string of the molecule is CCNC(=O)n1cc(C(=O)c2ccn3c2CSC3c2cccnc2)c2ccc(-c3ccc(F)cc3)cc21. The molecule has 0 spiro atoms. The van der Waals surface area contributed by atoms with Gasteiger partial charge in [-0.05, 0) is 48.4 Å². The molecule has 184 valence electrons. The number of hydrogen-bond donors (Lipinski definition) is 1. The van der Waals surface area contributed by atoms with Crippen LogP contribution >= 0.6 is 11.8 Å². The van der Waals surface area contributed by atoms with Crippen LogP contribution in [0.25, 0.3) is 22.0 Å². The summed E-state index contributed by atoms with van der Waals surface area (Å²) in [5.74, 6) is 0.272. The van der Waals surface area contributed by atoms with E-state index in [1.54, 1.807) is 36.3 Å². The summed E-state index contributed by atoms with van der Waals surface area (Å²) in [4.78, 5) is 31.1. The summed E-state index contributed by atoms with van der Waals surface area (Å²) in [5, 5.41) is 3.58. The van der Waals surface area contributed by atoms with Crippen LogP contribution < -0.4 is 5.32 Å². The van der Waals surface area contributed by atoms with E-state index in [0.717, 1.165) is 22.4 Å². The fourth-order valence-corrected chi connectivity index (χ4v) is 6.17. The van der Waals surface area contributed by atoms with Gasteiger partial charge in [-0.1, -0.05) is 30.3 Å². The number of aromatic nitrogens is 3. The fourth-order valence-electron chi connectivity index (χ4n) is 4.86. The molecular weight excluding hydrogens is 487 g/mol. The number of fused-ring (bicyclic) bond motifs is 2. The van der Waals surface area contributed by atoms with E-state index in [-0.39, 0.29) is 23.0 Å². The number of nitrogens with zero attached hydrogens (tertiary/aromatic N) is 3. The molecule has 1 aliphatic rings. The molecule has 3 aromatic heterocycles. The van der Waals surface area contributed by atoms with Crippen molar-refractivity contribution in [2.45, 2.75) is 18.1 Å². The van der Waals surface area contributed by atoms with Crippen LogP contribution in [0, 0.1) is 5.82 Å². The lowest BCUT2D eigenvalue weighted by Gasteiger charge is -2.11. The highest BCUT2D eigenvalue weighted by molar-refractivity contribution is 7.99. The Kier molecular flexibility index (Phi) is 5.88. The van der Waals surface area contributed by atoms with E-state index in [0.29, 0.717) is 34.3 Å². The van der Waals surface area contributed by atoms with Gasteiger partial charge in [0.1, 0.15) is 11.2 Å². The van der Waals surface area contributed by atoms with Crippen molar-refractivity contribution in [3.63, 3.8) is 0 Å². The van der Waals surface area contributed by atoms with E-state index in [1.807, 2.05) is 55.7 Å². The summed E-state index contributed by atoms with van der Waals surface area (Å²) < 4.78 is 17.1. The van der Waals surface area contributed by atoms with Gasteiger partial charge in [-0.3, -0.25) is 14.3 Å². The number of carbonyl (C=O) groups excluding carboxylic acids is 2. The van der Waals surface area contributed by atoms with Gasteiger partial charge in [0.25, 0.3) is 0 Å². The normalized spacial score (nSPS) is 14.6. The molecule has 1 N–H and O–H groups in total. The Labute approximate surface area is 217 Å². The number of amides is 1. The molecule has 6 rings (SSSR count). The van der Waals surface area contributed by atoms with Gasteiger partial charge < -0.3 is 9.88 Å². The van der Waals surface area contributed by atoms with Crippen molar-refractivity contribution in [2.24, 2.45) is 0 Å². The van der Waals surface area contributed by atoms with Crippen molar-refractivity contribution in [2.75, 3.05) is 6.54 Å². The van der Waals surface area contributed by atoms with E-state index >= 15 is 0 Å². The molecule has 0 fully saturated rings. The van der Waals surface area contributed by atoms with Crippen LogP contribution in [0.2, 0.25) is 0 Å². The monoisotopic (exact) mass is 510 g/mol. The number of halogens is 1. The number of thioether (sulfide) groups is 1. The molecule has 4 heterocycles. The lowest BCUT2D eigenvalue weighted by molar-refractivity contribution is 0.103. The number of pyridine rings is 1. The first-order valence-electron chi connectivity index (χ1n) is 12.0. The molecule has 0 saturated carbocycles. The van der Waals surface area contributed by atoms with Gasteiger partial charge in [0.05, 0.1) is 5.52 Å². The van der Waals surface area contributed by atoms with Gasteiger partial charge in [0.15, 0.2) is 5.78 Å². The Morgan fingerprint density at radius 1 is 1.08 bits per heavy atom. The zero-order chi connectivity index (χ0) is 25.5. The minimum absolute atomic E-state index is 0.0696. The molecule has 1 aliphatic heterocycles. The third-order valence-electron chi connectivity index (χ3n) is 6.64. The maximum Gasteiger partial charge on any atom is 0.326 e. The van der Waals surface area contributed by atoms with Crippen molar-refractivity contribution in [3.05, 3.63) is 114 Å². The Morgan fingerprint density at radius 3 is 2.65 bits per heavy atom. The predicted octanol–water partition coefficient (Wildman–Crippen LogP) is 6.25. The summed E-state index contributed by atoms with van der Waals surface area (Å²) in [6.45, 7) is 2.31. The van der Waals surface area contributed by atoms with Crippen LogP contribution in [-0.2, 0) is 5.75 Å². The first-order valence-corrected chi connectivity index (χ1v) is 13.0. The number of rotatable bonds is 5. The van der Waals surface area contributed by atoms with E-state index in [1.165, 1.54) is 16.7 Å². The number of nitrogens with one attached hydrogen (secondary N) is 1. The molecule has 0 bridgehead atoms. The Balaban J connectivity index is 1.43. The molecule has 6 nitrogen and oxygen atoms in total. The van der Waals surface area contributed by atoms with Crippen LogP contribution in [0.3, 0.4) is 0 Å². The Hall–Kier alpha value is -4.17. The number of carbonyl (C=O) groups is 2. The van der Waals surface area contributed by atoms with Crippen LogP contribution in [0.4, 0.5) is 9.18 Å². The lowest BCUT2D eigenvalue weighted by Crippen LogP contribution is -2.27. The fraction of sp³-hybridized carbons (Fsp3) is 0.138. The molecule has 0 saturated heterocycles. The summed E-state index contributed by atoms with van der Waals surface area (Å²) in [6, 6.07) is 17.3. The van der Waals surface area contributed by atoms with Crippen molar-refractivity contribution in [1.29, 1.82) is 0 Å². The van der Waals surface area contributed by atoms with Crippen LogP contribution in [0.1, 0.15) is 39.5 Å². The minimum Gasteiger partial charge on any atom is -0.338 e. The molecule has 1 unspecified atom stereocenters. The van der Waals surface area contributed by atoms with Crippen molar-refractivity contribution >= 4 is 34.5 Å². The highest BCUT2D eigenvalue weighted by Gasteiger charge is 2.30. The molecule has 1 amide bonds. The number of ketones is 1. The lowest BCUT2D eigenvalue weighted by atomic mass is 10.00. The molecule has 37 heavy (non-hydrogen) atoms. The van der Waals surface area contributed by atoms with Gasteiger partial charge in [-0.2, -0.15) is 0 Å². The molecule has 1 atom stereocenters. The average Bonchev–Trinajstić information content (AvgIpc) is 3.63. The van der Waals surface area contributed by atoms with E-state index < -0.39 is 0 Å². The van der Waals surface area contributed by atoms with Gasteiger partial charge >= 0.3 is 6.03 Å². The maximum atomic E-state index is 13.9. The first kappa shape index (κ1) is 23.2. The summed E-state index contributed by atoms with van der Waals surface area (Å²) in [6.07, 6.45) is 7.18. The summed E-state index contributed by atoms with van der Waals surface area (Å²) in [7, 11) is 0. The molecule has 8 heteroatoms. The quantitative estimate of drug-likeness (QED) is 0.284. The van der Waals surface area contributed by atoms with E-state index in [9.17, 15) is 14.0 Å². The third kappa shape index (κ3) is 4.03. The van der Waals surface area contributed by atoms with Crippen LogP contribution in [-0.4, -0.2) is 32.5 Å². The van der Waals surface area contributed by atoms with Gasteiger partial charge in [0.2, 0.25) is 0 Å². The Morgan fingerprint density at radius 2 is 1.89 bits per heavy atom. The standard InChI is InChI=1S/C29H23FN4O2S/c1-2-32-29(36)34-16-24(22-10-7-19(14-25(22)34)18-5-8-21(30)9-6-18)27(35)23-11-13-33-26(23)17-37-28(33)20-4-3-12-31-15-20/h3-16,28H,2,17H2,1H3,(H,32,36). The van der Waals surface area contributed by atoms with Gasteiger partial charge in [-0.25, -0.2) is 9.18 Å². The second-order valence-electron chi connectivity index (χ2n) is 8.85. The van der Waals surface area contributed by atoms with Gasteiger partial charge in [0, 0.05) is 64.9 Å². The number of hydrogen-bond acceptors (Lipinski definition) is 4.